The SMILES string of the molecule is CC.CC(C)CCC[C@@H](C)C1CCC2C3CC=C4CC(S)CC[C@]4(C)C3CC[C@@]21C. The van der Waals surface area contributed by atoms with Gasteiger partial charge in [0.05, 0.1) is 0 Å². The van der Waals surface area contributed by atoms with Crippen molar-refractivity contribution in [3.05, 3.63) is 11.6 Å². The van der Waals surface area contributed by atoms with Crippen molar-refractivity contribution < 1.29 is 0 Å². The minimum Gasteiger partial charge on any atom is -0.176 e. The Morgan fingerprint density at radius 1 is 0.967 bits per heavy atom. The number of rotatable bonds is 5. The maximum atomic E-state index is 4.84. The highest BCUT2D eigenvalue weighted by Gasteiger charge is 2.58. The van der Waals surface area contributed by atoms with Crippen LogP contribution in [0.4, 0.5) is 0 Å². The van der Waals surface area contributed by atoms with Gasteiger partial charge in [0.1, 0.15) is 0 Å². The van der Waals surface area contributed by atoms with Crippen molar-refractivity contribution in [2.75, 3.05) is 0 Å². The summed E-state index contributed by atoms with van der Waals surface area (Å²) in [6.45, 7) is 16.7. The van der Waals surface area contributed by atoms with Crippen LogP contribution in [0.25, 0.3) is 0 Å². The van der Waals surface area contributed by atoms with Gasteiger partial charge in [0, 0.05) is 5.25 Å². The predicted octanol–water partition coefficient (Wildman–Crippen LogP) is 9.35. The van der Waals surface area contributed by atoms with Gasteiger partial charge in [-0.05, 0) is 97.7 Å². The smallest absolute Gasteiger partial charge is 0.00545 e. The molecular weight excluding hydrogens is 380 g/mol. The zero-order chi connectivity index (χ0) is 22.1. The molecule has 1 heteroatoms. The fourth-order valence-electron chi connectivity index (χ4n) is 8.67. The van der Waals surface area contributed by atoms with E-state index >= 15 is 0 Å². The molecule has 0 N–H and O–H groups in total. The molecule has 0 aliphatic heterocycles. The average molecular weight is 433 g/mol. The molecule has 3 fully saturated rings. The maximum Gasteiger partial charge on any atom is 0.00545 e. The van der Waals surface area contributed by atoms with E-state index in [0.29, 0.717) is 16.1 Å². The third kappa shape index (κ3) is 4.45. The molecule has 0 bridgehead atoms. The number of fused-ring (bicyclic) bond motifs is 5. The molecule has 0 radical (unpaired) electrons. The van der Waals surface area contributed by atoms with Gasteiger partial charge in [-0.3, -0.25) is 0 Å². The van der Waals surface area contributed by atoms with E-state index in [4.69, 9.17) is 12.6 Å². The van der Waals surface area contributed by atoms with Gasteiger partial charge in [-0.15, -0.1) is 0 Å². The van der Waals surface area contributed by atoms with Crippen LogP contribution in [0, 0.1) is 46.3 Å². The number of hydrogen-bond donors (Lipinski definition) is 1. The fourth-order valence-corrected chi connectivity index (χ4v) is 8.99. The molecule has 4 aliphatic rings. The zero-order valence-corrected chi connectivity index (χ0v) is 22.2. The summed E-state index contributed by atoms with van der Waals surface area (Å²) in [5.41, 5.74) is 2.92. The number of allylic oxidation sites excluding steroid dienone is 2. The second kappa shape index (κ2) is 9.93. The van der Waals surface area contributed by atoms with Gasteiger partial charge in [0.25, 0.3) is 0 Å². The first-order chi connectivity index (χ1) is 14.3. The molecule has 0 aromatic rings. The molecule has 0 spiro atoms. The lowest BCUT2D eigenvalue weighted by Gasteiger charge is -2.58. The third-order valence-corrected chi connectivity index (χ3v) is 10.7. The van der Waals surface area contributed by atoms with E-state index in [0.717, 1.165) is 35.5 Å². The van der Waals surface area contributed by atoms with Crippen LogP contribution >= 0.6 is 12.6 Å². The van der Waals surface area contributed by atoms with E-state index in [1.54, 1.807) is 5.57 Å². The van der Waals surface area contributed by atoms with Crippen molar-refractivity contribution in [3.8, 4) is 0 Å². The van der Waals surface area contributed by atoms with Crippen LogP contribution in [-0.2, 0) is 0 Å². The monoisotopic (exact) mass is 432 g/mol. The summed E-state index contributed by atoms with van der Waals surface area (Å²) in [7, 11) is 0. The van der Waals surface area contributed by atoms with E-state index in [1.165, 1.54) is 70.6 Å². The Bertz CT molecular complexity index is 591. The summed E-state index contributed by atoms with van der Waals surface area (Å²) >= 11 is 4.84. The molecule has 0 aromatic heterocycles. The van der Waals surface area contributed by atoms with Gasteiger partial charge in [-0.2, -0.15) is 12.6 Å². The van der Waals surface area contributed by atoms with Crippen LogP contribution < -0.4 is 0 Å². The lowest BCUT2D eigenvalue weighted by molar-refractivity contribution is -0.0497. The largest absolute Gasteiger partial charge is 0.176 e. The van der Waals surface area contributed by atoms with E-state index in [9.17, 15) is 0 Å². The Hall–Kier alpha value is 0.0900. The molecule has 3 saturated carbocycles. The molecule has 0 nitrogen and oxygen atoms in total. The molecule has 5 unspecified atom stereocenters. The number of hydrogen-bond acceptors (Lipinski definition) is 1. The van der Waals surface area contributed by atoms with Gasteiger partial charge in [-0.1, -0.05) is 79.4 Å². The second-order valence-electron chi connectivity index (χ2n) is 12.2. The summed E-state index contributed by atoms with van der Waals surface area (Å²) in [5.74, 6) is 5.70. The Labute approximate surface area is 194 Å². The molecule has 8 atom stereocenters. The molecule has 4 aliphatic carbocycles. The predicted molar refractivity (Wildman–Crippen MR) is 137 cm³/mol. The van der Waals surface area contributed by atoms with Crippen molar-refractivity contribution in [2.24, 2.45) is 46.3 Å². The Morgan fingerprint density at radius 2 is 1.70 bits per heavy atom. The first-order valence-electron chi connectivity index (χ1n) is 13.6. The van der Waals surface area contributed by atoms with E-state index < -0.39 is 0 Å². The van der Waals surface area contributed by atoms with Gasteiger partial charge >= 0.3 is 0 Å². The van der Waals surface area contributed by atoms with Crippen molar-refractivity contribution in [1.29, 1.82) is 0 Å². The summed E-state index contributed by atoms with van der Waals surface area (Å²) in [6.07, 6.45) is 18.4. The third-order valence-electron chi connectivity index (χ3n) is 10.3. The standard InChI is InChI=1S/C27H46S.C2H6/c1-18(2)7-6-8-19(3)23-11-12-24-22-10-9-20-17-21(28)13-15-26(20,4)25(22)14-16-27(23,24)5;1-2/h9,18-19,21-25,28H,6-8,10-17H2,1-5H3;1-2H3/t19-,21?,22?,23?,24?,25?,26+,27-;/m1./s1. The molecule has 0 saturated heterocycles. The molecular formula is C29H52S. The van der Waals surface area contributed by atoms with Crippen LogP contribution in [0.1, 0.15) is 119 Å². The summed E-state index contributed by atoms with van der Waals surface area (Å²) in [4.78, 5) is 0. The first-order valence-corrected chi connectivity index (χ1v) is 14.1. The molecule has 4 rings (SSSR count). The van der Waals surface area contributed by atoms with E-state index in [1.807, 2.05) is 13.8 Å². The first kappa shape index (κ1) is 24.7. The quantitative estimate of drug-likeness (QED) is 0.324. The van der Waals surface area contributed by atoms with Crippen molar-refractivity contribution in [2.45, 2.75) is 124 Å². The Kier molecular flexibility index (Phi) is 8.18. The normalized spacial score (nSPS) is 43.6. The van der Waals surface area contributed by atoms with Gasteiger partial charge in [0.15, 0.2) is 0 Å². The highest BCUT2D eigenvalue weighted by Crippen LogP contribution is 2.67. The van der Waals surface area contributed by atoms with Gasteiger partial charge in [0.2, 0.25) is 0 Å². The Morgan fingerprint density at radius 3 is 2.40 bits per heavy atom. The van der Waals surface area contributed by atoms with Crippen molar-refractivity contribution in [3.63, 3.8) is 0 Å². The minimum atomic E-state index is 0.504. The highest BCUT2D eigenvalue weighted by molar-refractivity contribution is 7.80. The fraction of sp³-hybridized carbons (Fsp3) is 0.931. The molecule has 174 valence electrons. The minimum absolute atomic E-state index is 0.504. The summed E-state index contributed by atoms with van der Waals surface area (Å²) in [5, 5.41) is 0.618. The second-order valence-corrected chi connectivity index (χ2v) is 12.9. The molecule has 0 amide bonds. The topological polar surface area (TPSA) is 0 Å². The van der Waals surface area contributed by atoms with Crippen molar-refractivity contribution in [1.82, 2.24) is 0 Å². The average Bonchev–Trinajstić information content (AvgIpc) is 3.07. The molecule has 30 heavy (non-hydrogen) atoms. The van der Waals surface area contributed by atoms with E-state index in [-0.39, 0.29) is 0 Å². The highest BCUT2D eigenvalue weighted by atomic mass is 32.1. The van der Waals surface area contributed by atoms with Gasteiger partial charge in [-0.25, -0.2) is 0 Å². The lowest BCUT2D eigenvalue weighted by Crippen LogP contribution is -2.50. The lowest BCUT2D eigenvalue weighted by atomic mass is 9.47. The van der Waals surface area contributed by atoms with Crippen LogP contribution in [0.3, 0.4) is 0 Å². The van der Waals surface area contributed by atoms with Crippen LogP contribution in [0.2, 0.25) is 0 Å². The summed E-state index contributed by atoms with van der Waals surface area (Å²) in [6, 6.07) is 0. The van der Waals surface area contributed by atoms with Crippen molar-refractivity contribution >= 4 is 12.6 Å². The maximum absolute atomic E-state index is 4.84. The zero-order valence-electron chi connectivity index (χ0n) is 21.3. The molecule has 0 heterocycles. The Balaban J connectivity index is 0.00000124. The van der Waals surface area contributed by atoms with E-state index in [2.05, 4.69) is 40.7 Å². The van der Waals surface area contributed by atoms with Gasteiger partial charge < -0.3 is 0 Å². The van der Waals surface area contributed by atoms with Crippen LogP contribution in [0.15, 0.2) is 11.6 Å². The van der Waals surface area contributed by atoms with Crippen LogP contribution in [-0.4, -0.2) is 5.25 Å². The summed E-state index contributed by atoms with van der Waals surface area (Å²) < 4.78 is 0. The molecule has 0 aromatic carbocycles. The van der Waals surface area contributed by atoms with Crippen LogP contribution in [0.5, 0.6) is 0 Å². The number of thiol groups is 1.